The zero-order valence-electron chi connectivity index (χ0n) is 11.6. The number of anilines is 1. The van der Waals surface area contributed by atoms with Crippen molar-refractivity contribution in [1.82, 2.24) is 10.2 Å². The highest BCUT2D eigenvalue weighted by atomic mass is 16.2. The molecule has 0 bridgehead atoms. The van der Waals surface area contributed by atoms with E-state index in [2.05, 4.69) is 5.32 Å². The highest BCUT2D eigenvalue weighted by Crippen LogP contribution is 2.12. The number of nitrogens with zero attached hydrogens (tertiary/aromatic N) is 1. The van der Waals surface area contributed by atoms with E-state index in [0.29, 0.717) is 23.7 Å². The minimum absolute atomic E-state index is 0.0277. The van der Waals surface area contributed by atoms with Gasteiger partial charge in [-0.2, -0.15) is 0 Å². The van der Waals surface area contributed by atoms with Crippen molar-refractivity contribution in [2.24, 2.45) is 5.92 Å². The molecule has 5 nitrogen and oxygen atoms in total. The molecule has 0 heterocycles. The number of amides is 2. The molecule has 0 aliphatic heterocycles. The van der Waals surface area contributed by atoms with Crippen molar-refractivity contribution in [3.8, 4) is 0 Å². The second-order valence-corrected chi connectivity index (χ2v) is 4.95. The van der Waals surface area contributed by atoms with Crippen LogP contribution >= 0.6 is 0 Å². The number of hydrogen-bond donors (Lipinski definition) is 2. The van der Waals surface area contributed by atoms with Crippen LogP contribution in [0.3, 0.4) is 0 Å². The van der Waals surface area contributed by atoms with E-state index in [4.69, 9.17) is 5.73 Å². The van der Waals surface area contributed by atoms with Crippen LogP contribution in [0.25, 0.3) is 0 Å². The number of para-hydroxylation sites is 1. The van der Waals surface area contributed by atoms with Crippen LogP contribution < -0.4 is 11.1 Å². The summed E-state index contributed by atoms with van der Waals surface area (Å²) in [5.74, 6) is -0.0356. The van der Waals surface area contributed by atoms with E-state index in [-0.39, 0.29) is 18.4 Å². The van der Waals surface area contributed by atoms with E-state index in [1.165, 1.54) is 4.90 Å². The molecule has 104 valence electrons. The molecule has 2 amide bonds. The fraction of sp³-hybridized carbons (Fsp3) is 0.429. The average Bonchev–Trinajstić information content (AvgIpc) is 2.36. The molecule has 0 aromatic heterocycles. The second kappa shape index (κ2) is 6.78. The third-order valence-corrected chi connectivity index (χ3v) is 2.63. The monoisotopic (exact) mass is 263 g/mol. The van der Waals surface area contributed by atoms with Crippen LogP contribution in [0, 0.1) is 5.92 Å². The summed E-state index contributed by atoms with van der Waals surface area (Å²) in [6.45, 7) is 4.66. The van der Waals surface area contributed by atoms with E-state index >= 15 is 0 Å². The summed E-state index contributed by atoms with van der Waals surface area (Å²) in [4.78, 5) is 25.1. The van der Waals surface area contributed by atoms with Gasteiger partial charge in [-0.3, -0.25) is 9.59 Å². The molecular formula is C14H21N3O2. The van der Waals surface area contributed by atoms with Crippen LogP contribution in [0.2, 0.25) is 0 Å². The first-order chi connectivity index (χ1) is 8.91. The average molecular weight is 263 g/mol. The number of nitrogen functional groups attached to an aromatic ring is 1. The van der Waals surface area contributed by atoms with Gasteiger partial charge in [0.1, 0.15) is 0 Å². The lowest BCUT2D eigenvalue weighted by Gasteiger charge is -2.18. The van der Waals surface area contributed by atoms with Crippen LogP contribution in [-0.2, 0) is 4.79 Å². The van der Waals surface area contributed by atoms with Crippen LogP contribution in [0.5, 0.6) is 0 Å². The van der Waals surface area contributed by atoms with Crippen molar-refractivity contribution in [1.29, 1.82) is 0 Å². The van der Waals surface area contributed by atoms with Gasteiger partial charge in [0, 0.05) is 19.3 Å². The standard InChI is InChI=1S/C14H21N3O2/c1-10(2)8-16-13(18)9-17(3)14(19)11-6-4-5-7-12(11)15/h4-7,10H,8-9,15H2,1-3H3,(H,16,18). The van der Waals surface area contributed by atoms with E-state index in [1.54, 1.807) is 31.3 Å². The van der Waals surface area contributed by atoms with Gasteiger partial charge >= 0.3 is 0 Å². The van der Waals surface area contributed by atoms with Crippen molar-refractivity contribution in [2.45, 2.75) is 13.8 Å². The fourth-order valence-electron chi connectivity index (χ4n) is 1.56. The van der Waals surface area contributed by atoms with Gasteiger partial charge in [-0.25, -0.2) is 0 Å². The summed E-state index contributed by atoms with van der Waals surface area (Å²) in [5, 5.41) is 2.77. The lowest BCUT2D eigenvalue weighted by molar-refractivity contribution is -0.121. The second-order valence-electron chi connectivity index (χ2n) is 4.95. The number of nitrogens with two attached hydrogens (primary N) is 1. The molecule has 3 N–H and O–H groups in total. The Labute approximate surface area is 113 Å². The maximum Gasteiger partial charge on any atom is 0.256 e. The molecule has 0 fully saturated rings. The molecule has 19 heavy (non-hydrogen) atoms. The Morgan fingerprint density at radius 2 is 1.95 bits per heavy atom. The summed E-state index contributed by atoms with van der Waals surface area (Å²) in [6, 6.07) is 6.83. The number of hydrogen-bond acceptors (Lipinski definition) is 3. The summed E-state index contributed by atoms with van der Waals surface area (Å²) in [5.41, 5.74) is 6.58. The molecule has 0 unspecified atom stereocenters. The molecular weight excluding hydrogens is 242 g/mol. The number of benzene rings is 1. The molecule has 0 radical (unpaired) electrons. The van der Waals surface area contributed by atoms with Gasteiger partial charge in [-0.1, -0.05) is 26.0 Å². The Balaban J connectivity index is 2.58. The normalized spacial score (nSPS) is 10.3. The van der Waals surface area contributed by atoms with Crippen molar-refractivity contribution >= 4 is 17.5 Å². The van der Waals surface area contributed by atoms with Gasteiger partial charge < -0.3 is 16.0 Å². The largest absolute Gasteiger partial charge is 0.398 e. The predicted octanol–water partition coefficient (Wildman–Crippen LogP) is 1.11. The smallest absolute Gasteiger partial charge is 0.256 e. The van der Waals surface area contributed by atoms with Crippen LogP contribution in [-0.4, -0.2) is 36.9 Å². The zero-order chi connectivity index (χ0) is 14.4. The first-order valence-corrected chi connectivity index (χ1v) is 6.28. The molecule has 0 aliphatic carbocycles. The molecule has 5 heteroatoms. The number of nitrogens with one attached hydrogen (secondary N) is 1. The Kier molecular flexibility index (Phi) is 5.36. The van der Waals surface area contributed by atoms with Gasteiger partial charge in [-0.05, 0) is 18.1 Å². The zero-order valence-corrected chi connectivity index (χ0v) is 11.6. The third-order valence-electron chi connectivity index (χ3n) is 2.63. The molecule has 1 aromatic rings. The lowest BCUT2D eigenvalue weighted by atomic mass is 10.1. The minimum atomic E-state index is -0.252. The molecule has 0 saturated carbocycles. The minimum Gasteiger partial charge on any atom is -0.398 e. The topological polar surface area (TPSA) is 75.4 Å². The molecule has 1 aromatic carbocycles. The fourth-order valence-corrected chi connectivity index (χ4v) is 1.56. The Hall–Kier alpha value is -2.04. The molecule has 0 aliphatic rings. The van der Waals surface area contributed by atoms with E-state index in [9.17, 15) is 9.59 Å². The maximum absolute atomic E-state index is 12.1. The van der Waals surface area contributed by atoms with Crippen LogP contribution in [0.15, 0.2) is 24.3 Å². The Bertz CT molecular complexity index is 458. The first kappa shape index (κ1) is 15.0. The molecule has 0 saturated heterocycles. The van der Waals surface area contributed by atoms with E-state index in [0.717, 1.165) is 0 Å². The van der Waals surface area contributed by atoms with Gasteiger partial charge in [0.05, 0.1) is 12.1 Å². The molecule has 0 atom stereocenters. The Morgan fingerprint density at radius 3 is 2.53 bits per heavy atom. The van der Waals surface area contributed by atoms with Crippen molar-refractivity contribution in [3.05, 3.63) is 29.8 Å². The van der Waals surface area contributed by atoms with Crippen LogP contribution in [0.1, 0.15) is 24.2 Å². The highest BCUT2D eigenvalue weighted by Gasteiger charge is 2.16. The van der Waals surface area contributed by atoms with Gasteiger partial charge in [0.15, 0.2) is 0 Å². The molecule has 1 rings (SSSR count). The highest BCUT2D eigenvalue weighted by molar-refractivity contribution is 6.00. The van der Waals surface area contributed by atoms with E-state index in [1.807, 2.05) is 13.8 Å². The predicted molar refractivity (Wildman–Crippen MR) is 75.7 cm³/mol. The SMILES string of the molecule is CC(C)CNC(=O)CN(C)C(=O)c1ccccc1N. The third kappa shape index (κ3) is 4.62. The van der Waals surface area contributed by atoms with Crippen LogP contribution in [0.4, 0.5) is 5.69 Å². The van der Waals surface area contributed by atoms with Gasteiger partial charge in [-0.15, -0.1) is 0 Å². The van der Waals surface area contributed by atoms with Crippen molar-refractivity contribution in [2.75, 3.05) is 25.9 Å². The van der Waals surface area contributed by atoms with Crippen molar-refractivity contribution in [3.63, 3.8) is 0 Å². The number of likely N-dealkylation sites (N-methyl/N-ethyl adjacent to an activating group) is 1. The summed E-state index contributed by atoms with van der Waals surface area (Å²) < 4.78 is 0. The van der Waals surface area contributed by atoms with E-state index < -0.39 is 0 Å². The Morgan fingerprint density at radius 1 is 1.32 bits per heavy atom. The number of carbonyl (C=O) groups excluding carboxylic acids is 2. The van der Waals surface area contributed by atoms with Crippen molar-refractivity contribution < 1.29 is 9.59 Å². The summed E-state index contributed by atoms with van der Waals surface area (Å²) in [7, 11) is 1.59. The molecule has 0 spiro atoms. The number of rotatable bonds is 5. The first-order valence-electron chi connectivity index (χ1n) is 6.28. The number of carbonyl (C=O) groups is 2. The van der Waals surface area contributed by atoms with Gasteiger partial charge in [0.2, 0.25) is 5.91 Å². The maximum atomic E-state index is 12.1. The van der Waals surface area contributed by atoms with Gasteiger partial charge in [0.25, 0.3) is 5.91 Å². The summed E-state index contributed by atoms with van der Waals surface area (Å²) in [6.07, 6.45) is 0. The quantitative estimate of drug-likeness (QED) is 0.781. The summed E-state index contributed by atoms with van der Waals surface area (Å²) >= 11 is 0. The lowest BCUT2D eigenvalue weighted by Crippen LogP contribution is -2.39.